The van der Waals surface area contributed by atoms with Gasteiger partial charge in [0.1, 0.15) is 5.82 Å². The number of halogens is 1. The third kappa shape index (κ3) is 4.51. The van der Waals surface area contributed by atoms with Crippen LogP contribution in [-0.4, -0.2) is 38.3 Å². The molecule has 1 N–H and O–H groups in total. The Balaban J connectivity index is 2.63. The molecule has 0 amide bonds. The van der Waals surface area contributed by atoms with Gasteiger partial charge in [-0.1, -0.05) is 0 Å². The molecule has 0 spiro atoms. The highest BCUT2D eigenvalue weighted by atomic mass is 32.2. The number of thioether (sulfide) groups is 1. The number of hydrogen-bond donors (Lipinski definition) is 1. The Morgan fingerprint density at radius 3 is 2.75 bits per heavy atom. The van der Waals surface area contributed by atoms with Gasteiger partial charge in [-0.25, -0.2) is 4.39 Å². The number of nitrogens with one attached hydrogen (secondary N) is 1. The van der Waals surface area contributed by atoms with E-state index >= 15 is 0 Å². The highest BCUT2D eigenvalue weighted by Gasteiger charge is 2.04. The molecule has 1 aromatic carbocycles. The predicted octanol–water partition coefficient (Wildman–Crippen LogP) is 2.20. The maximum Gasteiger partial charge on any atom is 0.123 e. The molecule has 16 heavy (non-hydrogen) atoms. The minimum atomic E-state index is -0.165. The van der Waals surface area contributed by atoms with E-state index in [0.717, 1.165) is 22.8 Å². The number of nitrogens with zero attached hydrogens (tertiary/aromatic N) is 1. The first-order valence-corrected chi connectivity index (χ1v) is 6.32. The second kappa shape index (κ2) is 6.89. The van der Waals surface area contributed by atoms with Crippen LogP contribution in [0.5, 0.6) is 0 Å². The maximum atomic E-state index is 13.1. The molecule has 2 nitrogen and oxygen atoms in total. The molecule has 0 aliphatic carbocycles. The third-order valence-corrected chi connectivity index (χ3v) is 3.28. The van der Waals surface area contributed by atoms with E-state index in [1.165, 1.54) is 6.07 Å². The zero-order valence-electron chi connectivity index (χ0n) is 10.1. The normalized spacial score (nSPS) is 11.1. The molecule has 1 aromatic rings. The van der Waals surface area contributed by atoms with Gasteiger partial charge in [-0.3, -0.25) is 0 Å². The van der Waals surface area contributed by atoms with E-state index < -0.39 is 0 Å². The second-order valence-electron chi connectivity index (χ2n) is 3.93. The van der Waals surface area contributed by atoms with Crippen LogP contribution in [0.15, 0.2) is 23.1 Å². The van der Waals surface area contributed by atoms with E-state index in [2.05, 4.69) is 24.3 Å². The fourth-order valence-corrected chi connectivity index (χ4v) is 2.51. The van der Waals surface area contributed by atoms with Gasteiger partial charge in [0.25, 0.3) is 0 Å². The van der Waals surface area contributed by atoms with Gasteiger partial charge in [0.15, 0.2) is 0 Å². The van der Waals surface area contributed by atoms with Crippen LogP contribution in [0.2, 0.25) is 0 Å². The summed E-state index contributed by atoms with van der Waals surface area (Å²) >= 11 is 1.78. The molecule has 0 radical (unpaired) electrons. The van der Waals surface area contributed by atoms with Gasteiger partial charge in [0, 0.05) is 23.7 Å². The Morgan fingerprint density at radius 1 is 1.38 bits per heavy atom. The summed E-state index contributed by atoms with van der Waals surface area (Å²) in [4.78, 5) is 3.31. The summed E-state index contributed by atoms with van der Waals surface area (Å²) in [6.07, 6.45) is 0. The van der Waals surface area contributed by atoms with Crippen molar-refractivity contribution in [2.24, 2.45) is 0 Å². The van der Waals surface area contributed by atoms with Gasteiger partial charge in [-0.05, 0) is 44.9 Å². The van der Waals surface area contributed by atoms with Gasteiger partial charge in [-0.2, -0.15) is 0 Å². The first-order chi connectivity index (χ1) is 7.63. The van der Waals surface area contributed by atoms with Crippen LogP contribution in [0.25, 0.3) is 0 Å². The zero-order valence-corrected chi connectivity index (χ0v) is 10.9. The van der Waals surface area contributed by atoms with Crippen molar-refractivity contribution in [1.82, 2.24) is 10.2 Å². The number of benzene rings is 1. The van der Waals surface area contributed by atoms with E-state index in [0.29, 0.717) is 6.54 Å². The van der Waals surface area contributed by atoms with Crippen molar-refractivity contribution in [3.8, 4) is 0 Å². The lowest BCUT2D eigenvalue weighted by Crippen LogP contribution is -2.15. The van der Waals surface area contributed by atoms with Gasteiger partial charge in [0.2, 0.25) is 0 Å². The summed E-state index contributed by atoms with van der Waals surface area (Å²) in [7, 11) is 5.98. The molecule has 0 fully saturated rings. The van der Waals surface area contributed by atoms with Crippen LogP contribution in [0.3, 0.4) is 0 Å². The van der Waals surface area contributed by atoms with Crippen molar-refractivity contribution >= 4 is 11.8 Å². The van der Waals surface area contributed by atoms with E-state index in [-0.39, 0.29) is 5.82 Å². The summed E-state index contributed by atoms with van der Waals surface area (Å²) in [5.41, 5.74) is 1.03. The number of rotatable bonds is 6. The summed E-state index contributed by atoms with van der Waals surface area (Å²) in [5, 5.41) is 3.06. The highest BCUT2D eigenvalue weighted by Crippen LogP contribution is 2.23. The summed E-state index contributed by atoms with van der Waals surface area (Å²) < 4.78 is 13.1. The Morgan fingerprint density at radius 2 is 2.12 bits per heavy atom. The van der Waals surface area contributed by atoms with Crippen molar-refractivity contribution in [3.05, 3.63) is 29.6 Å². The predicted molar refractivity (Wildman–Crippen MR) is 68.4 cm³/mol. The Kier molecular flexibility index (Phi) is 5.80. The molecule has 90 valence electrons. The molecular weight excluding hydrogens is 223 g/mol. The summed E-state index contributed by atoms with van der Waals surface area (Å²) in [6.45, 7) is 1.74. The Bertz CT molecular complexity index is 329. The van der Waals surface area contributed by atoms with E-state index in [1.807, 2.05) is 13.1 Å². The Labute approximate surface area is 101 Å². The van der Waals surface area contributed by atoms with Gasteiger partial charge in [-0.15, -0.1) is 11.8 Å². The van der Waals surface area contributed by atoms with Crippen molar-refractivity contribution in [1.29, 1.82) is 0 Å². The molecule has 1 rings (SSSR count). The number of hydrogen-bond acceptors (Lipinski definition) is 3. The largest absolute Gasteiger partial charge is 0.316 e. The van der Waals surface area contributed by atoms with E-state index in [4.69, 9.17) is 0 Å². The fourth-order valence-electron chi connectivity index (χ4n) is 1.36. The van der Waals surface area contributed by atoms with Gasteiger partial charge >= 0.3 is 0 Å². The standard InChI is InChI=1S/C12H19FN2S/c1-14-9-10-8-11(13)4-5-12(10)16-7-6-15(2)3/h4-5,8,14H,6-7,9H2,1-3H3. The molecule has 0 unspecified atom stereocenters. The fraction of sp³-hybridized carbons (Fsp3) is 0.500. The van der Waals surface area contributed by atoms with Crippen molar-refractivity contribution < 1.29 is 4.39 Å². The molecule has 4 heteroatoms. The average molecular weight is 242 g/mol. The van der Waals surface area contributed by atoms with E-state index in [9.17, 15) is 4.39 Å². The summed E-state index contributed by atoms with van der Waals surface area (Å²) in [5.74, 6) is 0.859. The van der Waals surface area contributed by atoms with E-state index in [1.54, 1.807) is 17.8 Å². The van der Waals surface area contributed by atoms with Gasteiger partial charge in [0.05, 0.1) is 0 Å². The first kappa shape index (κ1) is 13.5. The quantitative estimate of drug-likeness (QED) is 0.770. The monoisotopic (exact) mass is 242 g/mol. The second-order valence-corrected chi connectivity index (χ2v) is 5.07. The van der Waals surface area contributed by atoms with Crippen LogP contribution in [0, 0.1) is 5.82 Å². The third-order valence-electron chi connectivity index (χ3n) is 2.19. The molecule has 0 saturated heterocycles. The SMILES string of the molecule is CNCc1cc(F)ccc1SCCN(C)C. The minimum Gasteiger partial charge on any atom is -0.316 e. The topological polar surface area (TPSA) is 15.3 Å². The first-order valence-electron chi connectivity index (χ1n) is 5.34. The Hall–Kier alpha value is -0.580. The molecule has 0 aromatic heterocycles. The lowest BCUT2D eigenvalue weighted by Gasteiger charge is -2.11. The highest BCUT2D eigenvalue weighted by molar-refractivity contribution is 7.99. The van der Waals surface area contributed by atoms with Crippen LogP contribution >= 0.6 is 11.8 Å². The minimum absolute atomic E-state index is 0.165. The summed E-state index contributed by atoms with van der Waals surface area (Å²) in [6, 6.07) is 4.99. The average Bonchev–Trinajstić information content (AvgIpc) is 2.21. The van der Waals surface area contributed by atoms with Gasteiger partial charge < -0.3 is 10.2 Å². The van der Waals surface area contributed by atoms with Crippen molar-refractivity contribution in [2.45, 2.75) is 11.4 Å². The maximum absolute atomic E-state index is 13.1. The van der Waals surface area contributed by atoms with Crippen molar-refractivity contribution in [3.63, 3.8) is 0 Å². The smallest absolute Gasteiger partial charge is 0.123 e. The molecule has 0 atom stereocenters. The zero-order chi connectivity index (χ0) is 12.0. The molecule has 0 saturated carbocycles. The van der Waals surface area contributed by atoms with Crippen LogP contribution in [-0.2, 0) is 6.54 Å². The molecule has 0 bridgehead atoms. The lowest BCUT2D eigenvalue weighted by molar-refractivity contribution is 0.437. The molecule has 0 aliphatic rings. The molecular formula is C12H19FN2S. The van der Waals surface area contributed by atoms with Crippen molar-refractivity contribution in [2.75, 3.05) is 33.4 Å². The van der Waals surface area contributed by atoms with Crippen LogP contribution < -0.4 is 5.32 Å². The molecule has 0 aliphatic heterocycles. The molecule has 0 heterocycles. The van der Waals surface area contributed by atoms with Crippen LogP contribution in [0.1, 0.15) is 5.56 Å². The lowest BCUT2D eigenvalue weighted by atomic mass is 10.2. The van der Waals surface area contributed by atoms with Crippen LogP contribution in [0.4, 0.5) is 4.39 Å².